The normalized spacial score (nSPS) is 9.44. The van der Waals surface area contributed by atoms with Gasteiger partial charge in [-0.05, 0) is 31.5 Å². The molecule has 0 atom stereocenters. The van der Waals surface area contributed by atoms with E-state index in [4.69, 9.17) is 0 Å². The molecule has 1 rings (SSSR count). The Labute approximate surface area is 104 Å². The van der Waals surface area contributed by atoms with Crippen LogP contribution in [0.1, 0.15) is 12.5 Å². The second-order valence-electron chi connectivity index (χ2n) is 3.75. The number of hydrogen-bond acceptors (Lipinski definition) is 4. The van der Waals surface area contributed by atoms with Crippen LogP contribution in [0, 0.1) is 6.92 Å². The minimum Gasteiger partial charge on any atom is -0.506 e. The van der Waals surface area contributed by atoms with Crippen LogP contribution >= 0.6 is 0 Å². The summed E-state index contributed by atoms with van der Waals surface area (Å²) in [5, 5.41) is 11.8. The molecule has 18 heavy (non-hydrogen) atoms. The third-order valence-electron chi connectivity index (χ3n) is 1.99. The van der Waals surface area contributed by atoms with E-state index in [0.29, 0.717) is 0 Å². The van der Waals surface area contributed by atoms with E-state index < -0.39 is 12.0 Å². The van der Waals surface area contributed by atoms with Gasteiger partial charge in [-0.2, -0.15) is 5.48 Å². The molecule has 0 saturated heterocycles. The third-order valence-corrected chi connectivity index (χ3v) is 1.99. The first kappa shape index (κ1) is 13.6. The van der Waals surface area contributed by atoms with E-state index in [2.05, 4.69) is 16.7 Å². The number of aryl methyl sites for hydroxylation is 1. The molecule has 0 unspecified atom stereocenters. The molecule has 6 nitrogen and oxygen atoms in total. The van der Waals surface area contributed by atoms with Gasteiger partial charge in [-0.3, -0.25) is 0 Å². The number of phenolic OH excluding ortho intramolecular Hbond substituents is 1. The van der Waals surface area contributed by atoms with Crippen LogP contribution in [0.5, 0.6) is 5.75 Å². The smallest absolute Gasteiger partial charge is 0.358 e. The number of nitrogens with one attached hydrogen (secondary N) is 2. The molecule has 96 valence electrons. The summed E-state index contributed by atoms with van der Waals surface area (Å²) in [6.45, 7) is 6.62. The lowest BCUT2D eigenvalue weighted by Gasteiger charge is -2.09. The van der Waals surface area contributed by atoms with Gasteiger partial charge in [-0.1, -0.05) is 12.6 Å². The van der Waals surface area contributed by atoms with Gasteiger partial charge in [0.2, 0.25) is 0 Å². The molecule has 0 spiro atoms. The minimum absolute atomic E-state index is 0.0815. The number of urea groups is 1. The zero-order valence-electron chi connectivity index (χ0n) is 10.1. The second kappa shape index (κ2) is 5.72. The number of aromatic hydroxyl groups is 1. The lowest BCUT2D eigenvalue weighted by molar-refractivity contribution is -0.143. The Hall–Kier alpha value is -2.50. The maximum Gasteiger partial charge on any atom is 0.358 e. The van der Waals surface area contributed by atoms with Gasteiger partial charge in [0.1, 0.15) is 5.75 Å². The van der Waals surface area contributed by atoms with Crippen molar-refractivity contribution in [1.29, 1.82) is 0 Å². The SMILES string of the molecule is C=C(C)C(=O)ONC(=O)Nc1cc(C)ccc1O. The fourth-order valence-corrected chi connectivity index (χ4v) is 1.08. The number of carbonyl (C=O) groups is 2. The van der Waals surface area contributed by atoms with Crippen LogP contribution in [0.15, 0.2) is 30.4 Å². The first-order chi connectivity index (χ1) is 8.40. The molecule has 2 amide bonds. The van der Waals surface area contributed by atoms with Crippen LogP contribution in [0.3, 0.4) is 0 Å². The second-order valence-corrected chi connectivity index (χ2v) is 3.75. The van der Waals surface area contributed by atoms with Gasteiger partial charge >= 0.3 is 12.0 Å². The standard InChI is InChI=1S/C12H14N2O4/c1-7(2)11(16)18-14-12(17)13-9-6-8(3)4-5-10(9)15/h4-6,15H,1H2,2-3H3,(H2,13,14,17). The quantitative estimate of drug-likeness (QED) is 0.424. The Bertz CT molecular complexity index is 497. The van der Waals surface area contributed by atoms with Gasteiger partial charge < -0.3 is 15.3 Å². The summed E-state index contributed by atoms with van der Waals surface area (Å²) in [6, 6.07) is 3.95. The van der Waals surface area contributed by atoms with E-state index in [1.165, 1.54) is 13.0 Å². The van der Waals surface area contributed by atoms with Crippen LogP contribution < -0.4 is 10.8 Å². The molecular formula is C12H14N2O4. The van der Waals surface area contributed by atoms with Gasteiger partial charge in [-0.25, -0.2) is 9.59 Å². The molecule has 0 saturated carbocycles. The lowest BCUT2D eigenvalue weighted by atomic mass is 10.2. The van der Waals surface area contributed by atoms with Crippen LogP contribution in [0.25, 0.3) is 0 Å². The highest BCUT2D eigenvalue weighted by Crippen LogP contribution is 2.23. The molecule has 0 aliphatic carbocycles. The molecule has 0 aliphatic heterocycles. The van der Waals surface area contributed by atoms with Crippen LogP contribution in [0.2, 0.25) is 0 Å². The summed E-state index contributed by atoms with van der Waals surface area (Å²) in [4.78, 5) is 26.8. The fourth-order valence-electron chi connectivity index (χ4n) is 1.08. The van der Waals surface area contributed by atoms with Crippen molar-refractivity contribution in [3.05, 3.63) is 35.9 Å². The van der Waals surface area contributed by atoms with Crippen molar-refractivity contribution < 1.29 is 19.5 Å². The Balaban J connectivity index is 2.57. The van der Waals surface area contributed by atoms with Crippen molar-refractivity contribution in [2.75, 3.05) is 5.32 Å². The van der Waals surface area contributed by atoms with Crippen molar-refractivity contribution in [2.45, 2.75) is 13.8 Å². The molecule has 1 aromatic carbocycles. The first-order valence-corrected chi connectivity index (χ1v) is 5.13. The predicted octanol–water partition coefficient (Wildman–Crippen LogP) is 1.86. The van der Waals surface area contributed by atoms with Gasteiger partial charge in [0.25, 0.3) is 0 Å². The third kappa shape index (κ3) is 3.82. The Kier molecular flexibility index (Phi) is 4.31. The molecule has 6 heteroatoms. The summed E-state index contributed by atoms with van der Waals surface area (Å²) in [7, 11) is 0. The number of hydroxylamine groups is 1. The zero-order valence-corrected chi connectivity index (χ0v) is 10.1. The van der Waals surface area contributed by atoms with Gasteiger partial charge in [0.15, 0.2) is 0 Å². The highest BCUT2D eigenvalue weighted by atomic mass is 16.7. The molecule has 0 radical (unpaired) electrons. The average Bonchev–Trinajstić information content (AvgIpc) is 2.30. The average molecular weight is 250 g/mol. The number of amides is 2. The topological polar surface area (TPSA) is 87.7 Å². The first-order valence-electron chi connectivity index (χ1n) is 5.13. The summed E-state index contributed by atoms with van der Waals surface area (Å²) in [5.74, 6) is -0.819. The number of phenols is 1. The molecule has 0 heterocycles. The highest BCUT2D eigenvalue weighted by molar-refractivity contribution is 5.92. The molecule has 1 aromatic rings. The van der Waals surface area contributed by atoms with Crippen LogP contribution in [-0.2, 0) is 9.63 Å². The largest absolute Gasteiger partial charge is 0.506 e. The van der Waals surface area contributed by atoms with E-state index >= 15 is 0 Å². The maximum absolute atomic E-state index is 11.4. The van der Waals surface area contributed by atoms with Crippen molar-refractivity contribution >= 4 is 17.7 Å². The molecule has 0 aromatic heterocycles. The number of hydrogen-bond donors (Lipinski definition) is 3. The van der Waals surface area contributed by atoms with E-state index in [9.17, 15) is 14.7 Å². The predicted molar refractivity (Wildman–Crippen MR) is 65.9 cm³/mol. The van der Waals surface area contributed by atoms with E-state index in [-0.39, 0.29) is 17.0 Å². The Morgan fingerprint density at radius 2 is 2.06 bits per heavy atom. The number of carbonyl (C=O) groups excluding carboxylic acids is 2. The summed E-state index contributed by atoms with van der Waals surface area (Å²) < 4.78 is 0. The number of benzene rings is 1. The highest BCUT2D eigenvalue weighted by Gasteiger charge is 2.09. The zero-order chi connectivity index (χ0) is 13.7. The van der Waals surface area contributed by atoms with Gasteiger partial charge in [-0.15, -0.1) is 0 Å². The van der Waals surface area contributed by atoms with Crippen molar-refractivity contribution in [2.24, 2.45) is 0 Å². The number of anilines is 1. The monoisotopic (exact) mass is 250 g/mol. The van der Waals surface area contributed by atoms with E-state index in [0.717, 1.165) is 5.56 Å². The van der Waals surface area contributed by atoms with Crippen molar-refractivity contribution in [1.82, 2.24) is 5.48 Å². The van der Waals surface area contributed by atoms with Gasteiger partial charge in [0, 0.05) is 5.57 Å². The Morgan fingerprint density at radius 1 is 1.39 bits per heavy atom. The van der Waals surface area contributed by atoms with Gasteiger partial charge in [0.05, 0.1) is 5.69 Å². The fraction of sp³-hybridized carbons (Fsp3) is 0.167. The van der Waals surface area contributed by atoms with E-state index in [1.54, 1.807) is 12.1 Å². The van der Waals surface area contributed by atoms with Crippen molar-refractivity contribution in [3.8, 4) is 5.75 Å². The van der Waals surface area contributed by atoms with Crippen LogP contribution in [0.4, 0.5) is 10.5 Å². The van der Waals surface area contributed by atoms with Crippen LogP contribution in [-0.4, -0.2) is 17.1 Å². The molecule has 0 aliphatic rings. The Morgan fingerprint density at radius 3 is 2.67 bits per heavy atom. The lowest BCUT2D eigenvalue weighted by Crippen LogP contribution is -2.31. The molecule has 0 fully saturated rings. The van der Waals surface area contributed by atoms with Crippen molar-refractivity contribution in [3.63, 3.8) is 0 Å². The number of rotatable bonds is 2. The van der Waals surface area contributed by atoms with E-state index in [1.807, 2.05) is 12.4 Å². The summed E-state index contributed by atoms with van der Waals surface area (Å²) in [5.41, 5.74) is 3.13. The maximum atomic E-state index is 11.4. The summed E-state index contributed by atoms with van der Waals surface area (Å²) >= 11 is 0. The molecule has 0 bridgehead atoms. The molecule has 3 N–H and O–H groups in total. The molecular weight excluding hydrogens is 236 g/mol. The minimum atomic E-state index is -0.773. The summed E-state index contributed by atoms with van der Waals surface area (Å²) in [6.07, 6.45) is 0.